The van der Waals surface area contributed by atoms with Crippen LogP contribution in [-0.2, 0) is 0 Å². The van der Waals surface area contributed by atoms with E-state index < -0.39 is 5.97 Å². The Morgan fingerprint density at radius 1 is 1.33 bits per heavy atom. The smallest absolute Gasteiger partial charge is 0.335 e. The van der Waals surface area contributed by atoms with E-state index in [2.05, 4.69) is 10.3 Å². The minimum Gasteiger partial charge on any atom is -0.478 e. The SMILES string of the molecule is CSc1ccccc1Nc1cc(C(=O)O)ccn1. The Bertz CT molecular complexity index is 572. The van der Waals surface area contributed by atoms with Crippen molar-refractivity contribution in [2.45, 2.75) is 4.90 Å². The Kier molecular flexibility index (Phi) is 3.84. The molecule has 1 aromatic carbocycles. The first-order valence-corrected chi connectivity index (χ1v) is 6.52. The molecule has 0 aliphatic rings. The zero-order valence-corrected chi connectivity index (χ0v) is 10.6. The van der Waals surface area contributed by atoms with E-state index in [0.29, 0.717) is 5.82 Å². The van der Waals surface area contributed by atoms with Crippen molar-refractivity contribution in [2.75, 3.05) is 11.6 Å². The van der Waals surface area contributed by atoms with Crippen molar-refractivity contribution in [1.29, 1.82) is 0 Å². The number of para-hydroxylation sites is 1. The number of carboxylic acids is 1. The maximum Gasteiger partial charge on any atom is 0.335 e. The average molecular weight is 260 g/mol. The molecule has 0 spiro atoms. The first-order valence-electron chi connectivity index (χ1n) is 5.30. The third-order valence-electron chi connectivity index (χ3n) is 2.38. The summed E-state index contributed by atoms with van der Waals surface area (Å²) in [7, 11) is 0. The molecule has 2 aromatic rings. The van der Waals surface area contributed by atoms with Gasteiger partial charge in [-0.15, -0.1) is 11.8 Å². The number of aromatic nitrogens is 1. The van der Waals surface area contributed by atoms with Gasteiger partial charge in [0.1, 0.15) is 5.82 Å². The number of hydrogen-bond acceptors (Lipinski definition) is 4. The van der Waals surface area contributed by atoms with Crippen LogP contribution in [0, 0.1) is 0 Å². The van der Waals surface area contributed by atoms with Crippen molar-refractivity contribution < 1.29 is 9.90 Å². The Balaban J connectivity index is 2.28. The second-order valence-corrected chi connectivity index (χ2v) is 4.41. The zero-order valence-electron chi connectivity index (χ0n) is 9.75. The largest absolute Gasteiger partial charge is 0.478 e. The van der Waals surface area contributed by atoms with Crippen LogP contribution in [0.15, 0.2) is 47.5 Å². The molecule has 0 saturated heterocycles. The third kappa shape index (κ3) is 2.81. The molecule has 4 nitrogen and oxygen atoms in total. The van der Waals surface area contributed by atoms with Crippen molar-refractivity contribution in [2.24, 2.45) is 0 Å². The number of nitrogens with zero attached hydrogens (tertiary/aromatic N) is 1. The lowest BCUT2D eigenvalue weighted by molar-refractivity contribution is 0.0697. The molecule has 0 atom stereocenters. The van der Waals surface area contributed by atoms with E-state index in [1.165, 1.54) is 18.3 Å². The molecule has 0 bridgehead atoms. The highest BCUT2D eigenvalue weighted by atomic mass is 32.2. The number of nitrogens with one attached hydrogen (secondary N) is 1. The monoisotopic (exact) mass is 260 g/mol. The maximum atomic E-state index is 10.9. The standard InChI is InChI=1S/C13H12N2O2S/c1-18-11-5-3-2-4-10(11)15-12-8-9(13(16)17)6-7-14-12/h2-8H,1H3,(H,14,15)(H,16,17). The van der Waals surface area contributed by atoms with E-state index in [1.54, 1.807) is 11.8 Å². The number of aromatic carboxylic acids is 1. The first-order chi connectivity index (χ1) is 8.70. The summed E-state index contributed by atoms with van der Waals surface area (Å²) >= 11 is 1.62. The summed E-state index contributed by atoms with van der Waals surface area (Å²) in [6, 6.07) is 10.8. The van der Waals surface area contributed by atoms with E-state index in [0.717, 1.165) is 10.6 Å². The second-order valence-electron chi connectivity index (χ2n) is 3.56. The van der Waals surface area contributed by atoms with Crippen molar-refractivity contribution in [3.05, 3.63) is 48.2 Å². The molecule has 0 amide bonds. The van der Waals surface area contributed by atoms with Crippen LogP contribution in [0.25, 0.3) is 0 Å². The zero-order chi connectivity index (χ0) is 13.0. The van der Waals surface area contributed by atoms with Crippen molar-refractivity contribution in [1.82, 2.24) is 4.98 Å². The lowest BCUT2D eigenvalue weighted by Crippen LogP contribution is -2.00. The number of rotatable bonds is 4. The molecular weight excluding hydrogens is 248 g/mol. The van der Waals surface area contributed by atoms with Gasteiger partial charge in [-0.1, -0.05) is 12.1 Å². The average Bonchev–Trinajstić information content (AvgIpc) is 2.39. The molecule has 1 heterocycles. The van der Waals surface area contributed by atoms with E-state index in [-0.39, 0.29) is 5.56 Å². The molecular formula is C13H12N2O2S. The van der Waals surface area contributed by atoms with Crippen molar-refractivity contribution >= 4 is 29.2 Å². The first kappa shape index (κ1) is 12.4. The quantitative estimate of drug-likeness (QED) is 0.826. The number of carbonyl (C=O) groups is 1. The fourth-order valence-electron chi connectivity index (χ4n) is 1.52. The van der Waals surface area contributed by atoms with Gasteiger partial charge in [-0.05, 0) is 30.5 Å². The van der Waals surface area contributed by atoms with Crippen LogP contribution in [0.4, 0.5) is 11.5 Å². The summed E-state index contributed by atoms with van der Waals surface area (Å²) in [5.41, 5.74) is 1.13. The van der Waals surface area contributed by atoms with E-state index >= 15 is 0 Å². The minimum atomic E-state index is -0.960. The normalized spacial score (nSPS) is 10.1. The van der Waals surface area contributed by atoms with Crippen LogP contribution in [0.1, 0.15) is 10.4 Å². The van der Waals surface area contributed by atoms with Crippen molar-refractivity contribution in [3.63, 3.8) is 0 Å². The molecule has 92 valence electrons. The molecule has 2 rings (SSSR count). The minimum absolute atomic E-state index is 0.217. The molecule has 1 aromatic heterocycles. The number of benzene rings is 1. The Hall–Kier alpha value is -2.01. The number of anilines is 2. The Labute approximate surface area is 109 Å². The highest BCUT2D eigenvalue weighted by molar-refractivity contribution is 7.98. The fraction of sp³-hybridized carbons (Fsp3) is 0.0769. The predicted octanol–water partition coefficient (Wildman–Crippen LogP) is 3.25. The summed E-state index contributed by atoms with van der Waals surface area (Å²) < 4.78 is 0. The molecule has 0 aliphatic carbocycles. The lowest BCUT2D eigenvalue weighted by Gasteiger charge is -2.09. The topological polar surface area (TPSA) is 62.2 Å². The van der Waals surface area contributed by atoms with Gasteiger partial charge in [-0.2, -0.15) is 0 Å². The third-order valence-corrected chi connectivity index (χ3v) is 3.17. The second kappa shape index (κ2) is 5.55. The van der Waals surface area contributed by atoms with E-state index in [1.807, 2.05) is 30.5 Å². The molecule has 5 heteroatoms. The van der Waals surface area contributed by atoms with Crippen LogP contribution >= 0.6 is 11.8 Å². The van der Waals surface area contributed by atoms with Gasteiger partial charge in [0.2, 0.25) is 0 Å². The Morgan fingerprint density at radius 2 is 2.11 bits per heavy atom. The molecule has 2 N–H and O–H groups in total. The van der Waals surface area contributed by atoms with Crippen LogP contribution < -0.4 is 5.32 Å². The number of thioether (sulfide) groups is 1. The summed E-state index contributed by atoms with van der Waals surface area (Å²) in [4.78, 5) is 16.1. The molecule has 0 unspecified atom stereocenters. The van der Waals surface area contributed by atoms with E-state index in [9.17, 15) is 4.79 Å². The maximum absolute atomic E-state index is 10.9. The van der Waals surface area contributed by atoms with Gasteiger partial charge in [0.25, 0.3) is 0 Å². The van der Waals surface area contributed by atoms with Crippen LogP contribution in [0.2, 0.25) is 0 Å². The van der Waals surface area contributed by atoms with Gasteiger partial charge in [0.05, 0.1) is 11.3 Å². The molecule has 18 heavy (non-hydrogen) atoms. The number of pyridine rings is 1. The summed E-state index contributed by atoms with van der Waals surface area (Å²) in [5.74, 6) is -0.435. The highest BCUT2D eigenvalue weighted by Gasteiger charge is 2.06. The van der Waals surface area contributed by atoms with E-state index in [4.69, 9.17) is 5.11 Å². The van der Waals surface area contributed by atoms with Gasteiger partial charge in [-0.3, -0.25) is 0 Å². The fourth-order valence-corrected chi connectivity index (χ4v) is 2.07. The van der Waals surface area contributed by atoms with Crippen LogP contribution in [0.3, 0.4) is 0 Å². The molecule has 0 saturated carbocycles. The number of hydrogen-bond donors (Lipinski definition) is 2. The summed E-state index contributed by atoms with van der Waals surface area (Å²) in [5, 5.41) is 12.0. The van der Waals surface area contributed by atoms with Crippen LogP contribution in [0.5, 0.6) is 0 Å². The lowest BCUT2D eigenvalue weighted by atomic mass is 10.2. The van der Waals surface area contributed by atoms with Crippen LogP contribution in [-0.4, -0.2) is 22.3 Å². The molecule has 0 fully saturated rings. The van der Waals surface area contributed by atoms with Gasteiger partial charge in [0.15, 0.2) is 0 Å². The highest BCUT2D eigenvalue weighted by Crippen LogP contribution is 2.27. The predicted molar refractivity (Wildman–Crippen MR) is 72.7 cm³/mol. The Morgan fingerprint density at radius 3 is 2.83 bits per heavy atom. The van der Waals surface area contributed by atoms with Gasteiger partial charge in [0, 0.05) is 11.1 Å². The summed E-state index contributed by atoms with van der Waals surface area (Å²) in [6.07, 6.45) is 3.47. The van der Waals surface area contributed by atoms with Gasteiger partial charge >= 0.3 is 5.97 Å². The summed E-state index contributed by atoms with van der Waals surface area (Å²) in [6.45, 7) is 0. The van der Waals surface area contributed by atoms with Crippen molar-refractivity contribution in [3.8, 4) is 0 Å². The number of carboxylic acid groups (broad SMARTS) is 1. The molecule has 0 radical (unpaired) electrons. The van der Waals surface area contributed by atoms with Gasteiger partial charge < -0.3 is 10.4 Å². The molecule has 0 aliphatic heterocycles. The van der Waals surface area contributed by atoms with Gasteiger partial charge in [-0.25, -0.2) is 9.78 Å².